The smallest absolute Gasteiger partial charge is 0.408 e. The lowest BCUT2D eigenvalue weighted by Crippen LogP contribution is -2.50. The van der Waals surface area contributed by atoms with E-state index >= 15 is 0 Å². The highest BCUT2D eigenvalue weighted by Gasteiger charge is 2.31. The number of alkyl carbamates (subject to hydrolysis) is 1. The first kappa shape index (κ1) is 26.1. The molecule has 0 fully saturated rings. The van der Waals surface area contributed by atoms with Gasteiger partial charge in [-0.3, -0.25) is 0 Å². The van der Waals surface area contributed by atoms with Crippen LogP contribution in [-0.4, -0.2) is 51.3 Å². The van der Waals surface area contributed by atoms with E-state index in [9.17, 15) is 9.59 Å². The van der Waals surface area contributed by atoms with Gasteiger partial charge in [-0.1, -0.05) is 50.0 Å². The third-order valence-corrected chi connectivity index (χ3v) is 5.74. The topological polar surface area (TPSA) is 83.1 Å². The highest BCUT2D eigenvalue weighted by atomic mass is 28.3. The highest BCUT2D eigenvalue weighted by Crippen LogP contribution is 2.11. The molecule has 0 aliphatic carbocycles. The summed E-state index contributed by atoms with van der Waals surface area (Å²) in [6.45, 7) is 14.4. The SMILES string of the molecule is C[C@@H](OCc1ccccc1)[C@H](NC(=O)OC(C)(C)C)C(=O)OCOCC[Si](C)(C)C. The molecule has 1 rings (SSSR count). The molecular formula is C22H37NO6Si. The van der Waals surface area contributed by atoms with Crippen LogP contribution in [0.5, 0.6) is 0 Å². The molecule has 7 nitrogen and oxygen atoms in total. The molecule has 1 aromatic rings. The molecule has 2 atom stereocenters. The number of hydrogen-bond donors (Lipinski definition) is 1. The molecule has 0 aliphatic rings. The van der Waals surface area contributed by atoms with Crippen LogP contribution in [0.4, 0.5) is 4.79 Å². The number of hydrogen-bond acceptors (Lipinski definition) is 6. The monoisotopic (exact) mass is 439 g/mol. The molecule has 0 aliphatic heterocycles. The van der Waals surface area contributed by atoms with Crippen molar-refractivity contribution in [3.8, 4) is 0 Å². The van der Waals surface area contributed by atoms with E-state index in [0.717, 1.165) is 11.6 Å². The zero-order valence-corrected chi connectivity index (χ0v) is 20.3. The van der Waals surface area contributed by atoms with Crippen LogP contribution < -0.4 is 5.32 Å². The molecule has 0 aromatic heterocycles. The first-order chi connectivity index (χ1) is 13.9. The predicted octanol–water partition coefficient (Wildman–Crippen LogP) is 4.34. The average Bonchev–Trinajstić information content (AvgIpc) is 2.62. The Bertz CT molecular complexity index is 654. The van der Waals surface area contributed by atoms with Gasteiger partial charge in [-0.25, -0.2) is 9.59 Å². The van der Waals surface area contributed by atoms with Gasteiger partial charge in [0.25, 0.3) is 0 Å². The number of benzene rings is 1. The van der Waals surface area contributed by atoms with Gasteiger partial charge in [-0.2, -0.15) is 0 Å². The molecule has 30 heavy (non-hydrogen) atoms. The van der Waals surface area contributed by atoms with E-state index in [1.54, 1.807) is 27.7 Å². The summed E-state index contributed by atoms with van der Waals surface area (Å²) >= 11 is 0. The lowest BCUT2D eigenvalue weighted by molar-refractivity contribution is -0.162. The Morgan fingerprint density at radius 2 is 1.73 bits per heavy atom. The van der Waals surface area contributed by atoms with Crippen molar-refractivity contribution in [3.63, 3.8) is 0 Å². The van der Waals surface area contributed by atoms with Crippen LogP contribution in [0.3, 0.4) is 0 Å². The number of ether oxygens (including phenoxy) is 4. The molecule has 0 bridgehead atoms. The average molecular weight is 440 g/mol. The van der Waals surface area contributed by atoms with Crippen molar-refractivity contribution < 1.29 is 28.5 Å². The lowest BCUT2D eigenvalue weighted by Gasteiger charge is -2.26. The van der Waals surface area contributed by atoms with Gasteiger partial charge < -0.3 is 24.3 Å². The number of carbonyl (C=O) groups is 2. The molecule has 0 radical (unpaired) electrons. The highest BCUT2D eigenvalue weighted by molar-refractivity contribution is 6.76. The van der Waals surface area contributed by atoms with E-state index in [2.05, 4.69) is 25.0 Å². The summed E-state index contributed by atoms with van der Waals surface area (Å²) < 4.78 is 21.7. The van der Waals surface area contributed by atoms with E-state index in [0.29, 0.717) is 13.2 Å². The van der Waals surface area contributed by atoms with Gasteiger partial charge in [0.2, 0.25) is 0 Å². The van der Waals surface area contributed by atoms with E-state index in [-0.39, 0.29) is 6.79 Å². The molecule has 170 valence electrons. The van der Waals surface area contributed by atoms with E-state index in [4.69, 9.17) is 18.9 Å². The Hall–Kier alpha value is -1.90. The normalized spacial score (nSPS) is 14.0. The van der Waals surface area contributed by atoms with Gasteiger partial charge in [0.1, 0.15) is 5.60 Å². The van der Waals surface area contributed by atoms with Crippen LogP contribution in [0.15, 0.2) is 30.3 Å². The van der Waals surface area contributed by atoms with Gasteiger partial charge in [-0.05, 0) is 39.3 Å². The summed E-state index contributed by atoms with van der Waals surface area (Å²) in [4.78, 5) is 24.8. The fourth-order valence-corrected chi connectivity index (χ4v) is 3.08. The van der Waals surface area contributed by atoms with Crippen molar-refractivity contribution in [2.75, 3.05) is 13.4 Å². The first-order valence-electron chi connectivity index (χ1n) is 10.3. The van der Waals surface area contributed by atoms with Crippen LogP contribution >= 0.6 is 0 Å². The summed E-state index contributed by atoms with van der Waals surface area (Å²) in [6.07, 6.45) is -1.34. The standard InChI is InChI=1S/C22H37NO6Si/c1-17(27-15-18-11-9-8-10-12-18)19(23-21(25)29-22(2,3)4)20(24)28-16-26-13-14-30(5,6)7/h8-12,17,19H,13-16H2,1-7H3,(H,23,25)/t17-,19+/m1/s1. The second kappa shape index (κ2) is 12.1. The Morgan fingerprint density at radius 1 is 1.10 bits per heavy atom. The van der Waals surface area contributed by atoms with Crippen molar-refractivity contribution >= 4 is 20.1 Å². The quantitative estimate of drug-likeness (QED) is 0.239. The van der Waals surface area contributed by atoms with Crippen LogP contribution in [0, 0.1) is 0 Å². The molecule has 1 aromatic carbocycles. The number of nitrogens with one attached hydrogen (secondary N) is 1. The van der Waals surface area contributed by atoms with E-state index in [1.165, 1.54) is 0 Å². The minimum absolute atomic E-state index is 0.165. The van der Waals surface area contributed by atoms with Crippen molar-refractivity contribution in [3.05, 3.63) is 35.9 Å². The van der Waals surface area contributed by atoms with Crippen molar-refractivity contribution in [1.82, 2.24) is 5.32 Å². The van der Waals surface area contributed by atoms with Gasteiger partial charge in [0.05, 0.1) is 12.7 Å². The lowest BCUT2D eigenvalue weighted by atomic mass is 10.1. The third kappa shape index (κ3) is 11.9. The molecule has 0 heterocycles. The summed E-state index contributed by atoms with van der Waals surface area (Å²) in [5.41, 5.74) is 0.274. The maximum Gasteiger partial charge on any atom is 0.408 e. The summed E-state index contributed by atoms with van der Waals surface area (Å²) in [5, 5.41) is 2.57. The molecule has 1 N–H and O–H groups in total. The Kier molecular flexibility index (Phi) is 10.5. The maximum atomic E-state index is 12.6. The number of carbonyl (C=O) groups excluding carboxylic acids is 2. The molecular weight excluding hydrogens is 402 g/mol. The summed E-state index contributed by atoms with van der Waals surface area (Å²) in [7, 11) is -1.22. The minimum Gasteiger partial charge on any atom is -0.444 e. The predicted molar refractivity (Wildman–Crippen MR) is 119 cm³/mol. The number of amides is 1. The fourth-order valence-electron chi connectivity index (χ4n) is 2.33. The van der Waals surface area contributed by atoms with Gasteiger partial charge in [-0.15, -0.1) is 0 Å². The second-order valence-electron chi connectivity index (χ2n) is 9.43. The molecule has 8 heteroatoms. The number of esters is 1. The zero-order valence-electron chi connectivity index (χ0n) is 19.3. The van der Waals surface area contributed by atoms with Crippen molar-refractivity contribution in [2.45, 2.75) is 77.7 Å². The van der Waals surface area contributed by atoms with Gasteiger partial charge >= 0.3 is 12.1 Å². The Labute approximate surface area is 181 Å². The zero-order chi connectivity index (χ0) is 22.8. The van der Waals surface area contributed by atoms with E-state index in [1.807, 2.05) is 30.3 Å². The van der Waals surface area contributed by atoms with Gasteiger partial charge in [0.15, 0.2) is 12.8 Å². The largest absolute Gasteiger partial charge is 0.444 e. The van der Waals surface area contributed by atoms with Gasteiger partial charge in [0, 0.05) is 14.7 Å². The maximum absolute atomic E-state index is 12.6. The molecule has 0 spiro atoms. The molecule has 0 unspecified atom stereocenters. The number of rotatable bonds is 11. The Morgan fingerprint density at radius 3 is 2.30 bits per heavy atom. The van der Waals surface area contributed by atoms with Crippen LogP contribution in [0.25, 0.3) is 0 Å². The molecule has 1 amide bonds. The second-order valence-corrected chi connectivity index (χ2v) is 15.0. The van der Waals surface area contributed by atoms with Crippen LogP contribution in [-0.2, 0) is 30.3 Å². The van der Waals surface area contributed by atoms with Crippen LogP contribution in [0.1, 0.15) is 33.3 Å². The first-order valence-corrected chi connectivity index (χ1v) is 14.0. The van der Waals surface area contributed by atoms with E-state index < -0.39 is 37.9 Å². The summed E-state index contributed by atoms with van der Waals surface area (Å²) in [6, 6.07) is 9.53. The molecule has 0 saturated carbocycles. The fraction of sp³-hybridized carbons (Fsp3) is 0.636. The van der Waals surface area contributed by atoms with Crippen molar-refractivity contribution in [1.29, 1.82) is 0 Å². The summed E-state index contributed by atoms with van der Waals surface area (Å²) in [5.74, 6) is -0.630. The third-order valence-electron chi connectivity index (χ3n) is 4.03. The van der Waals surface area contributed by atoms with Crippen molar-refractivity contribution in [2.24, 2.45) is 0 Å². The molecule has 0 saturated heterocycles. The minimum atomic E-state index is -1.22. The van der Waals surface area contributed by atoms with Crippen LogP contribution in [0.2, 0.25) is 25.7 Å². The Balaban J connectivity index is 2.65.